The molecular weight excluding hydrogens is 316 g/mol. The van der Waals surface area contributed by atoms with E-state index in [9.17, 15) is 4.79 Å². The van der Waals surface area contributed by atoms with Gasteiger partial charge in [0.1, 0.15) is 5.82 Å². The maximum Gasteiger partial charge on any atom is 0.315 e. The minimum atomic E-state index is -0.0730. The van der Waals surface area contributed by atoms with E-state index in [1.165, 1.54) is 12.8 Å². The molecule has 0 radical (unpaired) electrons. The highest BCUT2D eigenvalue weighted by Crippen LogP contribution is 2.28. The van der Waals surface area contributed by atoms with Gasteiger partial charge in [0.05, 0.1) is 13.2 Å². The van der Waals surface area contributed by atoms with Crippen molar-refractivity contribution in [3.05, 3.63) is 23.9 Å². The highest BCUT2D eigenvalue weighted by atomic mass is 16.5. The van der Waals surface area contributed by atoms with Gasteiger partial charge in [0.15, 0.2) is 0 Å². The third kappa shape index (κ3) is 5.08. The molecule has 138 valence electrons. The van der Waals surface area contributed by atoms with E-state index >= 15 is 0 Å². The number of ether oxygens (including phenoxy) is 1. The molecule has 3 rings (SSSR count). The van der Waals surface area contributed by atoms with Crippen LogP contribution in [0.2, 0.25) is 0 Å². The molecule has 3 atom stereocenters. The smallest absolute Gasteiger partial charge is 0.315 e. The van der Waals surface area contributed by atoms with E-state index in [0.717, 1.165) is 50.0 Å². The Morgan fingerprint density at radius 2 is 2.12 bits per heavy atom. The van der Waals surface area contributed by atoms with Crippen molar-refractivity contribution in [3.63, 3.8) is 0 Å². The SMILES string of the molecule is C[C@@H]1CC[C@@H](NC(=O)NCc2ccnc(N3CCOCC3)c2)[C@H](C)C1. The predicted molar refractivity (Wildman–Crippen MR) is 98.6 cm³/mol. The van der Waals surface area contributed by atoms with E-state index in [4.69, 9.17) is 4.74 Å². The van der Waals surface area contributed by atoms with E-state index in [1.54, 1.807) is 0 Å². The van der Waals surface area contributed by atoms with Gasteiger partial charge in [-0.25, -0.2) is 9.78 Å². The summed E-state index contributed by atoms with van der Waals surface area (Å²) in [5.41, 5.74) is 1.07. The lowest BCUT2D eigenvalue weighted by Crippen LogP contribution is -2.46. The second-order valence-corrected chi connectivity index (χ2v) is 7.45. The average molecular weight is 346 g/mol. The molecule has 1 aromatic heterocycles. The lowest BCUT2D eigenvalue weighted by Gasteiger charge is -2.33. The summed E-state index contributed by atoms with van der Waals surface area (Å²) in [5.74, 6) is 2.27. The molecule has 2 N–H and O–H groups in total. The van der Waals surface area contributed by atoms with Crippen LogP contribution in [-0.2, 0) is 11.3 Å². The first kappa shape index (κ1) is 18.0. The van der Waals surface area contributed by atoms with Crippen LogP contribution in [0.3, 0.4) is 0 Å². The zero-order chi connectivity index (χ0) is 17.6. The van der Waals surface area contributed by atoms with Gasteiger partial charge in [-0.3, -0.25) is 0 Å². The second kappa shape index (κ2) is 8.52. The van der Waals surface area contributed by atoms with Crippen LogP contribution in [-0.4, -0.2) is 43.4 Å². The van der Waals surface area contributed by atoms with Gasteiger partial charge in [-0.05, 0) is 48.8 Å². The number of nitrogens with one attached hydrogen (secondary N) is 2. The molecule has 1 aromatic rings. The number of morpholine rings is 1. The van der Waals surface area contributed by atoms with E-state index in [1.807, 2.05) is 12.3 Å². The van der Waals surface area contributed by atoms with E-state index in [2.05, 4.69) is 40.4 Å². The van der Waals surface area contributed by atoms with Crippen LogP contribution in [0.15, 0.2) is 18.3 Å². The maximum atomic E-state index is 12.2. The van der Waals surface area contributed by atoms with Crippen molar-refractivity contribution in [3.8, 4) is 0 Å². The van der Waals surface area contributed by atoms with E-state index in [-0.39, 0.29) is 12.1 Å². The molecular formula is C19H30N4O2. The summed E-state index contributed by atoms with van der Waals surface area (Å²) in [4.78, 5) is 18.9. The van der Waals surface area contributed by atoms with Gasteiger partial charge in [-0.2, -0.15) is 0 Å². The number of aromatic nitrogens is 1. The second-order valence-electron chi connectivity index (χ2n) is 7.45. The summed E-state index contributed by atoms with van der Waals surface area (Å²) in [7, 11) is 0. The molecule has 1 saturated carbocycles. The number of pyridine rings is 1. The third-order valence-electron chi connectivity index (χ3n) is 5.35. The Labute approximate surface area is 150 Å². The molecule has 1 saturated heterocycles. The number of rotatable bonds is 4. The van der Waals surface area contributed by atoms with E-state index in [0.29, 0.717) is 12.5 Å². The molecule has 0 bridgehead atoms. The Hall–Kier alpha value is -1.82. The normalized spacial score (nSPS) is 27.0. The number of nitrogens with zero attached hydrogens (tertiary/aromatic N) is 2. The fourth-order valence-corrected chi connectivity index (χ4v) is 3.82. The maximum absolute atomic E-state index is 12.2. The molecule has 2 aliphatic rings. The summed E-state index contributed by atoms with van der Waals surface area (Å²) in [6.07, 6.45) is 5.28. The monoisotopic (exact) mass is 346 g/mol. The topological polar surface area (TPSA) is 66.5 Å². The van der Waals surface area contributed by atoms with Gasteiger partial charge in [0.2, 0.25) is 0 Å². The summed E-state index contributed by atoms with van der Waals surface area (Å²) in [6, 6.07) is 4.22. The largest absolute Gasteiger partial charge is 0.378 e. The minimum Gasteiger partial charge on any atom is -0.378 e. The summed E-state index contributed by atoms with van der Waals surface area (Å²) in [5, 5.41) is 6.13. The number of anilines is 1. The Morgan fingerprint density at radius 1 is 1.32 bits per heavy atom. The van der Waals surface area contributed by atoms with Gasteiger partial charge in [0.25, 0.3) is 0 Å². The van der Waals surface area contributed by atoms with Crippen molar-refractivity contribution in [1.29, 1.82) is 0 Å². The highest BCUT2D eigenvalue weighted by molar-refractivity contribution is 5.74. The fourth-order valence-electron chi connectivity index (χ4n) is 3.82. The van der Waals surface area contributed by atoms with Crippen LogP contribution in [0.5, 0.6) is 0 Å². The van der Waals surface area contributed by atoms with Gasteiger partial charge in [-0.1, -0.05) is 13.8 Å². The standard InChI is InChI=1S/C19H30N4O2/c1-14-3-4-17(15(2)11-14)22-19(24)21-13-16-5-6-20-18(12-16)23-7-9-25-10-8-23/h5-6,12,14-15,17H,3-4,7-11,13H2,1-2H3,(H2,21,22,24)/t14-,15-,17-/m1/s1. The summed E-state index contributed by atoms with van der Waals surface area (Å²) < 4.78 is 5.38. The lowest BCUT2D eigenvalue weighted by atomic mass is 9.80. The van der Waals surface area contributed by atoms with Crippen LogP contribution in [0.4, 0.5) is 10.6 Å². The van der Waals surface area contributed by atoms with Crippen molar-refractivity contribution in [1.82, 2.24) is 15.6 Å². The molecule has 2 heterocycles. The van der Waals surface area contributed by atoms with Crippen molar-refractivity contribution in [2.75, 3.05) is 31.2 Å². The lowest BCUT2D eigenvalue weighted by molar-refractivity contribution is 0.122. The quantitative estimate of drug-likeness (QED) is 0.879. The zero-order valence-electron chi connectivity index (χ0n) is 15.3. The van der Waals surface area contributed by atoms with Crippen LogP contribution >= 0.6 is 0 Å². The highest BCUT2D eigenvalue weighted by Gasteiger charge is 2.26. The fraction of sp³-hybridized carbons (Fsp3) is 0.684. The number of carbonyl (C=O) groups is 1. The molecule has 0 unspecified atom stereocenters. The molecule has 25 heavy (non-hydrogen) atoms. The molecule has 1 aliphatic heterocycles. The van der Waals surface area contributed by atoms with Crippen LogP contribution in [0.1, 0.15) is 38.7 Å². The Kier molecular flexibility index (Phi) is 6.13. The molecule has 1 aliphatic carbocycles. The number of urea groups is 1. The van der Waals surface area contributed by atoms with Gasteiger partial charge in [-0.15, -0.1) is 0 Å². The summed E-state index contributed by atoms with van der Waals surface area (Å²) >= 11 is 0. The summed E-state index contributed by atoms with van der Waals surface area (Å²) in [6.45, 7) is 8.25. The van der Waals surface area contributed by atoms with Crippen LogP contribution in [0, 0.1) is 11.8 Å². The zero-order valence-corrected chi connectivity index (χ0v) is 15.3. The first-order valence-electron chi connectivity index (χ1n) is 9.44. The Balaban J connectivity index is 1.48. The van der Waals surface area contributed by atoms with Crippen LogP contribution in [0.25, 0.3) is 0 Å². The minimum absolute atomic E-state index is 0.0730. The molecule has 0 spiro atoms. The first-order valence-corrected chi connectivity index (χ1v) is 9.44. The molecule has 2 fully saturated rings. The number of hydrogen-bond acceptors (Lipinski definition) is 4. The van der Waals surface area contributed by atoms with E-state index < -0.39 is 0 Å². The predicted octanol–water partition coefficient (Wildman–Crippen LogP) is 2.54. The van der Waals surface area contributed by atoms with Crippen molar-refractivity contribution >= 4 is 11.8 Å². The number of carbonyl (C=O) groups excluding carboxylic acids is 1. The molecule has 6 nitrogen and oxygen atoms in total. The first-order chi connectivity index (χ1) is 12.1. The van der Waals surface area contributed by atoms with Crippen molar-refractivity contribution in [2.45, 2.75) is 45.7 Å². The van der Waals surface area contributed by atoms with Gasteiger partial charge in [0, 0.05) is 31.9 Å². The van der Waals surface area contributed by atoms with Gasteiger partial charge >= 0.3 is 6.03 Å². The number of amides is 2. The average Bonchev–Trinajstić information content (AvgIpc) is 2.63. The van der Waals surface area contributed by atoms with Crippen molar-refractivity contribution < 1.29 is 9.53 Å². The number of hydrogen-bond donors (Lipinski definition) is 2. The van der Waals surface area contributed by atoms with Crippen molar-refractivity contribution in [2.24, 2.45) is 11.8 Å². The van der Waals surface area contributed by atoms with Gasteiger partial charge < -0.3 is 20.3 Å². The Morgan fingerprint density at radius 3 is 2.88 bits per heavy atom. The molecule has 0 aromatic carbocycles. The molecule has 2 amide bonds. The molecule has 6 heteroatoms. The van der Waals surface area contributed by atoms with Crippen LogP contribution < -0.4 is 15.5 Å². The third-order valence-corrected chi connectivity index (χ3v) is 5.35. The Bertz CT molecular complexity index is 574.